The average molecular weight is 343 g/mol. The molecule has 0 aromatic heterocycles. The van der Waals surface area contributed by atoms with E-state index in [1.54, 1.807) is 0 Å². The number of carbonyl (C=O) groups excluding carboxylic acids is 1. The lowest BCUT2D eigenvalue weighted by molar-refractivity contribution is 0.0508. The van der Waals surface area contributed by atoms with Gasteiger partial charge >= 0.3 is 0 Å². The molecule has 0 atom stereocenters. The van der Waals surface area contributed by atoms with E-state index in [0.29, 0.717) is 9.50 Å². The van der Waals surface area contributed by atoms with E-state index in [-0.39, 0.29) is 18.7 Å². The van der Waals surface area contributed by atoms with Crippen LogP contribution in [0.3, 0.4) is 0 Å². The molecular formula is C11H11BrClF2NO2. The third kappa shape index (κ3) is 4.19. The summed E-state index contributed by atoms with van der Waals surface area (Å²) in [6, 6.07) is 4.46. The molecule has 100 valence electrons. The number of hydrogen-bond donors (Lipinski definition) is 1. The topological polar surface area (TPSA) is 40.5 Å². The van der Waals surface area contributed by atoms with Crippen LogP contribution < -0.4 is 0 Å². The highest BCUT2D eigenvalue weighted by atomic mass is 79.9. The maximum Gasteiger partial charge on any atom is 0.255 e. The predicted octanol–water partition coefficient (Wildman–Crippen LogP) is 2.80. The Morgan fingerprint density at radius 1 is 1.50 bits per heavy atom. The molecule has 0 unspecified atom stereocenters. The first-order valence-corrected chi connectivity index (χ1v) is 6.26. The number of halogens is 4. The molecule has 1 rings (SSSR count). The Labute approximate surface area is 116 Å². The highest BCUT2D eigenvalue weighted by molar-refractivity contribution is 9.10. The first-order chi connectivity index (χ1) is 8.45. The number of amides is 1. The van der Waals surface area contributed by atoms with Crippen molar-refractivity contribution in [2.75, 3.05) is 19.7 Å². The van der Waals surface area contributed by atoms with Crippen LogP contribution in [0.1, 0.15) is 10.4 Å². The van der Waals surface area contributed by atoms with Crippen molar-refractivity contribution in [3.63, 3.8) is 0 Å². The molecule has 0 saturated carbocycles. The lowest BCUT2D eigenvalue weighted by atomic mass is 10.2. The van der Waals surface area contributed by atoms with Crippen LogP contribution in [0.25, 0.3) is 0 Å². The van der Waals surface area contributed by atoms with Crippen LogP contribution in [0.4, 0.5) is 8.78 Å². The van der Waals surface area contributed by atoms with E-state index in [0.717, 1.165) is 4.90 Å². The molecule has 7 heteroatoms. The molecule has 0 heterocycles. The Kier molecular flexibility index (Phi) is 5.98. The number of benzene rings is 1. The van der Waals surface area contributed by atoms with Gasteiger partial charge in [-0.3, -0.25) is 4.79 Å². The zero-order chi connectivity index (χ0) is 13.7. The van der Waals surface area contributed by atoms with Crippen LogP contribution >= 0.6 is 27.5 Å². The quantitative estimate of drug-likeness (QED) is 0.894. The fraction of sp³-hybridized carbons (Fsp3) is 0.364. The SMILES string of the molecule is O=C(c1ccc(Cl)cc1Br)N(CCO)CC(F)F. The van der Waals surface area contributed by atoms with Crippen molar-refractivity contribution >= 4 is 33.4 Å². The molecule has 1 amide bonds. The second-order valence-electron chi connectivity index (χ2n) is 3.49. The summed E-state index contributed by atoms with van der Waals surface area (Å²) in [4.78, 5) is 12.9. The predicted molar refractivity (Wildman–Crippen MR) is 68.1 cm³/mol. The van der Waals surface area contributed by atoms with Gasteiger partial charge in [0.2, 0.25) is 0 Å². The lowest BCUT2D eigenvalue weighted by Crippen LogP contribution is -2.37. The highest BCUT2D eigenvalue weighted by Crippen LogP contribution is 2.23. The zero-order valence-electron chi connectivity index (χ0n) is 9.25. The van der Waals surface area contributed by atoms with Crippen LogP contribution in [-0.2, 0) is 0 Å². The second kappa shape index (κ2) is 7.01. The molecule has 1 aromatic carbocycles. The molecule has 1 aromatic rings. The van der Waals surface area contributed by atoms with Crippen LogP contribution in [0.15, 0.2) is 22.7 Å². The van der Waals surface area contributed by atoms with Gasteiger partial charge in [0.25, 0.3) is 12.3 Å². The highest BCUT2D eigenvalue weighted by Gasteiger charge is 2.21. The van der Waals surface area contributed by atoms with Crippen molar-refractivity contribution in [2.45, 2.75) is 6.43 Å². The molecule has 3 nitrogen and oxygen atoms in total. The Bertz CT molecular complexity index is 432. The summed E-state index contributed by atoms with van der Waals surface area (Å²) in [6.45, 7) is -1.23. The fourth-order valence-corrected chi connectivity index (χ4v) is 2.25. The number of nitrogens with zero attached hydrogens (tertiary/aromatic N) is 1. The van der Waals surface area contributed by atoms with Crippen molar-refractivity contribution < 1.29 is 18.7 Å². The maximum atomic E-state index is 12.3. The summed E-state index contributed by atoms with van der Waals surface area (Å²) in [7, 11) is 0. The van der Waals surface area contributed by atoms with Crippen LogP contribution in [0.2, 0.25) is 5.02 Å². The van der Waals surface area contributed by atoms with Gasteiger partial charge in [0, 0.05) is 16.0 Å². The minimum atomic E-state index is -2.65. The molecule has 18 heavy (non-hydrogen) atoms. The average Bonchev–Trinajstić information content (AvgIpc) is 2.27. The summed E-state index contributed by atoms with van der Waals surface area (Å²) in [5.41, 5.74) is 0.230. The number of alkyl halides is 2. The Balaban J connectivity index is 2.94. The van der Waals surface area contributed by atoms with Crippen molar-refractivity contribution in [1.82, 2.24) is 4.90 Å². The fourth-order valence-electron chi connectivity index (χ4n) is 1.40. The summed E-state index contributed by atoms with van der Waals surface area (Å²) >= 11 is 8.88. The van der Waals surface area contributed by atoms with Gasteiger partial charge < -0.3 is 10.0 Å². The molecular weight excluding hydrogens is 331 g/mol. The second-order valence-corrected chi connectivity index (χ2v) is 4.78. The van der Waals surface area contributed by atoms with Crippen molar-refractivity contribution in [1.29, 1.82) is 0 Å². The Morgan fingerprint density at radius 2 is 2.17 bits per heavy atom. The maximum absolute atomic E-state index is 12.3. The van der Waals surface area contributed by atoms with Gasteiger partial charge in [-0.15, -0.1) is 0 Å². The van der Waals surface area contributed by atoms with E-state index in [4.69, 9.17) is 16.7 Å². The molecule has 0 aliphatic heterocycles. The first kappa shape index (κ1) is 15.3. The molecule has 0 aliphatic rings. The summed E-state index contributed by atoms with van der Waals surface area (Å²) in [5, 5.41) is 9.22. The van der Waals surface area contributed by atoms with E-state index in [2.05, 4.69) is 15.9 Å². The zero-order valence-corrected chi connectivity index (χ0v) is 11.6. The Morgan fingerprint density at radius 3 is 2.67 bits per heavy atom. The van der Waals surface area contributed by atoms with E-state index < -0.39 is 18.9 Å². The molecule has 0 radical (unpaired) electrons. The van der Waals surface area contributed by atoms with Crippen molar-refractivity contribution in [3.05, 3.63) is 33.3 Å². The number of carbonyl (C=O) groups is 1. The van der Waals surface area contributed by atoms with E-state index in [1.165, 1.54) is 18.2 Å². The summed E-state index contributed by atoms with van der Waals surface area (Å²) < 4.78 is 25.1. The molecule has 1 N–H and O–H groups in total. The molecule has 0 bridgehead atoms. The van der Waals surface area contributed by atoms with Crippen molar-refractivity contribution in [3.8, 4) is 0 Å². The van der Waals surface area contributed by atoms with Gasteiger partial charge in [-0.05, 0) is 34.1 Å². The van der Waals surface area contributed by atoms with Gasteiger partial charge in [-0.2, -0.15) is 0 Å². The number of aliphatic hydroxyl groups is 1. The van der Waals surface area contributed by atoms with Crippen LogP contribution in [0, 0.1) is 0 Å². The molecule has 0 fully saturated rings. The van der Waals surface area contributed by atoms with E-state index in [9.17, 15) is 13.6 Å². The molecule has 0 saturated heterocycles. The first-order valence-electron chi connectivity index (χ1n) is 5.09. The van der Waals surface area contributed by atoms with Crippen LogP contribution in [-0.4, -0.2) is 42.0 Å². The number of hydrogen-bond acceptors (Lipinski definition) is 2. The smallest absolute Gasteiger partial charge is 0.255 e. The van der Waals surface area contributed by atoms with Gasteiger partial charge in [-0.25, -0.2) is 8.78 Å². The number of rotatable bonds is 5. The third-order valence-electron chi connectivity index (χ3n) is 2.18. The van der Waals surface area contributed by atoms with E-state index in [1.807, 2.05) is 0 Å². The molecule has 0 spiro atoms. The molecule has 0 aliphatic carbocycles. The minimum absolute atomic E-state index is 0.141. The van der Waals surface area contributed by atoms with Crippen LogP contribution in [0.5, 0.6) is 0 Å². The lowest BCUT2D eigenvalue weighted by Gasteiger charge is -2.21. The van der Waals surface area contributed by atoms with Gasteiger partial charge in [0.1, 0.15) is 0 Å². The van der Waals surface area contributed by atoms with E-state index >= 15 is 0 Å². The normalized spacial score (nSPS) is 10.8. The van der Waals surface area contributed by atoms with Gasteiger partial charge in [0.15, 0.2) is 0 Å². The number of aliphatic hydroxyl groups excluding tert-OH is 1. The minimum Gasteiger partial charge on any atom is -0.395 e. The Hall–Kier alpha value is -0.720. The largest absolute Gasteiger partial charge is 0.395 e. The van der Waals surface area contributed by atoms with Gasteiger partial charge in [0.05, 0.1) is 18.7 Å². The third-order valence-corrected chi connectivity index (χ3v) is 3.07. The monoisotopic (exact) mass is 341 g/mol. The summed E-state index contributed by atoms with van der Waals surface area (Å²) in [6.07, 6.45) is -2.65. The van der Waals surface area contributed by atoms with Gasteiger partial charge in [-0.1, -0.05) is 11.6 Å². The standard InChI is InChI=1S/C11H11BrClF2NO2/c12-9-5-7(13)1-2-8(9)11(18)16(3-4-17)6-10(14)15/h1-2,5,10,17H,3-4,6H2. The van der Waals surface area contributed by atoms with Crippen molar-refractivity contribution in [2.24, 2.45) is 0 Å². The summed E-state index contributed by atoms with van der Waals surface area (Å²) in [5.74, 6) is -0.576.